The van der Waals surface area contributed by atoms with Gasteiger partial charge < -0.3 is 20.9 Å². The molecule has 0 saturated heterocycles. The maximum atomic E-state index is 9.54. The first-order valence-electron chi connectivity index (χ1n) is 10.2. The first-order valence-corrected chi connectivity index (χ1v) is 10.2. The Morgan fingerprint density at radius 1 is 1.03 bits per heavy atom. The van der Waals surface area contributed by atoms with E-state index in [0.717, 1.165) is 33.3 Å². The molecule has 1 atom stereocenters. The van der Waals surface area contributed by atoms with Crippen LogP contribution in [0.15, 0.2) is 60.9 Å². The molecule has 2 aromatic heterocycles. The van der Waals surface area contributed by atoms with Crippen LogP contribution in [0.5, 0.6) is 11.6 Å². The fourth-order valence-corrected chi connectivity index (χ4v) is 3.43. The zero-order valence-electron chi connectivity index (χ0n) is 17.5. The number of nitrogens with one attached hydrogen (secondary N) is 1. The Bertz CT molecular complexity index is 1210. The number of aryl methyl sites for hydroxylation is 1. The van der Waals surface area contributed by atoms with Crippen molar-refractivity contribution in [1.82, 2.24) is 15.0 Å². The molecule has 0 aliphatic heterocycles. The monoisotopic (exact) mass is 415 g/mol. The maximum absolute atomic E-state index is 9.54. The molecule has 4 N–H and O–H groups in total. The van der Waals surface area contributed by atoms with Crippen molar-refractivity contribution in [1.29, 1.82) is 0 Å². The number of ether oxygens (including phenoxy) is 1. The number of benzene rings is 2. The van der Waals surface area contributed by atoms with Crippen molar-refractivity contribution < 1.29 is 9.84 Å². The van der Waals surface area contributed by atoms with E-state index in [-0.39, 0.29) is 12.1 Å². The van der Waals surface area contributed by atoms with E-state index in [9.17, 15) is 5.11 Å². The third kappa shape index (κ3) is 4.57. The van der Waals surface area contributed by atoms with Crippen molar-refractivity contribution in [2.45, 2.75) is 26.4 Å². The number of rotatable bonds is 7. The number of anilines is 2. The highest BCUT2D eigenvalue weighted by Crippen LogP contribution is 2.38. The summed E-state index contributed by atoms with van der Waals surface area (Å²) >= 11 is 0. The van der Waals surface area contributed by atoms with E-state index >= 15 is 0 Å². The fourth-order valence-electron chi connectivity index (χ4n) is 3.43. The van der Waals surface area contributed by atoms with Crippen LogP contribution in [0.4, 0.5) is 11.6 Å². The molecular weight excluding hydrogens is 390 g/mol. The Labute approximate surface area is 181 Å². The number of aromatic nitrogens is 3. The van der Waals surface area contributed by atoms with E-state index in [1.807, 2.05) is 43.3 Å². The minimum Gasteiger partial charge on any atom is -0.437 e. The van der Waals surface area contributed by atoms with E-state index in [4.69, 9.17) is 10.5 Å². The van der Waals surface area contributed by atoms with Crippen molar-refractivity contribution in [3.63, 3.8) is 0 Å². The van der Waals surface area contributed by atoms with E-state index in [2.05, 4.69) is 26.3 Å². The standard InChI is InChI=1S/C24H25N5O2/c1-15-8-9-17-18(5-3-7-20(17)26-13-10-16(2)30)22(15)31-23-19(6-4-12-27-23)21-11-14-28-24(25)29-21/h3-9,11-12,14,16,26,30H,10,13H2,1-2H3,(H2,25,28,29). The largest absolute Gasteiger partial charge is 0.437 e. The Hall–Kier alpha value is -3.71. The van der Waals surface area contributed by atoms with Gasteiger partial charge in [0.2, 0.25) is 11.8 Å². The molecule has 1 unspecified atom stereocenters. The van der Waals surface area contributed by atoms with Gasteiger partial charge in [0.25, 0.3) is 0 Å². The summed E-state index contributed by atoms with van der Waals surface area (Å²) in [5, 5.41) is 15.0. The van der Waals surface area contributed by atoms with E-state index < -0.39 is 0 Å². The number of nitrogens with two attached hydrogens (primary N) is 1. The van der Waals surface area contributed by atoms with Gasteiger partial charge in [-0.1, -0.05) is 24.3 Å². The number of fused-ring (bicyclic) bond motifs is 1. The van der Waals surface area contributed by atoms with Crippen LogP contribution >= 0.6 is 0 Å². The summed E-state index contributed by atoms with van der Waals surface area (Å²) in [5.41, 5.74) is 9.14. The average molecular weight is 415 g/mol. The lowest BCUT2D eigenvalue weighted by Crippen LogP contribution is -2.09. The van der Waals surface area contributed by atoms with Gasteiger partial charge in [-0.15, -0.1) is 0 Å². The van der Waals surface area contributed by atoms with Gasteiger partial charge in [-0.2, -0.15) is 0 Å². The molecule has 0 spiro atoms. The second-order valence-electron chi connectivity index (χ2n) is 7.44. The van der Waals surface area contributed by atoms with Crippen molar-refractivity contribution in [3.05, 3.63) is 66.5 Å². The summed E-state index contributed by atoms with van der Waals surface area (Å²) in [6.07, 6.45) is 3.63. The predicted molar refractivity (Wildman–Crippen MR) is 123 cm³/mol. The van der Waals surface area contributed by atoms with Gasteiger partial charge >= 0.3 is 0 Å². The van der Waals surface area contributed by atoms with Gasteiger partial charge in [-0.25, -0.2) is 15.0 Å². The van der Waals surface area contributed by atoms with Crippen molar-refractivity contribution in [3.8, 4) is 22.9 Å². The summed E-state index contributed by atoms with van der Waals surface area (Å²) in [6, 6.07) is 15.7. The van der Waals surface area contributed by atoms with E-state index in [0.29, 0.717) is 24.5 Å². The lowest BCUT2D eigenvalue weighted by molar-refractivity contribution is 0.189. The van der Waals surface area contributed by atoms with Crippen LogP contribution in [0.25, 0.3) is 22.0 Å². The van der Waals surface area contributed by atoms with E-state index in [1.54, 1.807) is 25.4 Å². The molecule has 0 radical (unpaired) electrons. The zero-order chi connectivity index (χ0) is 21.8. The molecule has 0 fully saturated rings. The minimum atomic E-state index is -0.345. The zero-order valence-corrected chi connectivity index (χ0v) is 17.5. The van der Waals surface area contributed by atoms with E-state index in [1.165, 1.54) is 0 Å². The van der Waals surface area contributed by atoms with Crippen LogP contribution < -0.4 is 15.8 Å². The summed E-state index contributed by atoms with van der Waals surface area (Å²) in [7, 11) is 0. The topological polar surface area (TPSA) is 106 Å². The second-order valence-corrected chi connectivity index (χ2v) is 7.44. The number of hydrogen-bond donors (Lipinski definition) is 3. The molecule has 0 aliphatic carbocycles. The Kier molecular flexibility index (Phi) is 5.95. The molecule has 4 rings (SSSR count). The first kappa shape index (κ1) is 20.6. The smallest absolute Gasteiger partial charge is 0.228 e. The molecule has 7 heteroatoms. The Morgan fingerprint density at radius 2 is 1.90 bits per heavy atom. The van der Waals surface area contributed by atoms with Gasteiger partial charge in [0.05, 0.1) is 17.4 Å². The van der Waals surface area contributed by atoms with Crippen LogP contribution in [-0.4, -0.2) is 32.7 Å². The molecule has 7 nitrogen and oxygen atoms in total. The summed E-state index contributed by atoms with van der Waals surface area (Å²) in [6.45, 7) is 4.48. The van der Waals surface area contributed by atoms with Crippen molar-refractivity contribution >= 4 is 22.4 Å². The lowest BCUT2D eigenvalue weighted by Gasteiger charge is -2.16. The molecule has 2 aromatic carbocycles. The molecule has 4 aromatic rings. The Morgan fingerprint density at radius 3 is 2.71 bits per heavy atom. The second kappa shape index (κ2) is 8.97. The van der Waals surface area contributed by atoms with Crippen LogP contribution in [-0.2, 0) is 0 Å². The van der Waals surface area contributed by atoms with Crippen molar-refractivity contribution in [2.75, 3.05) is 17.6 Å². The van der Waals surface area contributed by atoms with Crippen LogP contribution in [0.2, 0.25) is 0 Å². The minimum absolute atomic E-state index is 0.196. The summed E-state index contributed by atoms with van der Waals surface area (Å²) in [5.74, 6) is 1.38. The van der Waals surface area contributed by atoms with Crippen molar-refractivity contribution in [2.24, 2.45) is 0 Å². The quantitative estimate of drug-likeness (QED) is 0.406. The number of aliphatic hydroxyl groups excluding tert-OH is 1. The Balaban J connectivity index is 1.74. The van der Waals surface area contributed by atoms with Gasteiger partial charge in [0, 0.05) is 35.4 Å². The highest BCUT2D eigenvalue weighted by Gasteiger charge is 2.15. The van der Waals surface area contributed by atoms with Crippen LogP contribution in [0.3, 0.4) is 0 Å². The van der Waals surface area contributed by atoms with Gasteiger partial charge in [-0.05, 0) is 50.1 Å². The fraction of sp³-hybridized carbons (Fsp3) is 0.208. The molecular formula is C24H25N5O2. The molecule has 31 heavy (non-hydrogen) atoms. The number of hydrogen-bond acceptors (Lipinski definition) is 7. The molecule has 0 saturated carbocycles. The maximum Gasteiger partial charge on any atom is 0.228 e. The van der Waals surface area contributed by atoms with Crippen LogP contribution in [0, 0.1) is 6.92 Å². The highest BCUT2D eigenvalue weighted by atomic mass is 16.5. The normalized spacial score (nSPS) is 12.0. The third-order valence-electron chi connectivity index (χ3n) is 5.01. The number of nitrogen functional groups attached to an aromatic ring is 1. The number of pyridine rings is 1. The highest BCUT2D eigenvalue weighted by molar-refractivity contribution is 5.98. The van der Waals surface area contributed by atoms with Gasteiger partial charge in [0.1, 0.15) is 5.75 Å². The average Bonchev–Trinajstić information content (AvgIpc) is 2.76. The summed E-state index contributed by atoms with van der Waals surface area (Å²) in [4.78, 5) is 12.7. The molecule has 0 aliphatic rings. The van der Waals surface area contributed by atoms with Gasteiger partial charge in [0.15, 0.2) is 0 Å². The number of aliphatic hydroxyl groups is 1. The lowest BCUT2D eigenvalue weighted by atomic mass is 10.0. The first-order chi connectivity index (χ1) is 15.0. The number of nitrogens with zero attached hydrogens (tertiary/aromatic N) is 3. The SMILES string of the molecule is Cc1ccc2c(NCCC(C)O)cccc2c1Oc1ncccc1-c1ccnc(N)n1. The van der Waals surface area contributed by atoms with Gasteiger partial charge in [-0.3, -0.25) is 0 Å². The molecule has 0 amide bonds. The molecule has 2 heterocycles. The third-order valence-corrected chi connectivity index (χ3v) is 5.01. The summed E-state index contributed by atoms with van der Waals surface area (Å²) < 4.78 is 6.37. The van der Waals surface area contributed by atoms with Crippen LogP contribution in [0.1, 0.15) is 18.9 Å². The predicted octanol–water partition coefficient (Wildman–Crippen LogP) is 4.56. The molecule has 158 valence electrons. The molecule has 0 bridgehead atoms.